The molecule has 0 amide bonds. The zero-order chi connectivity index (χ0) is 17.1. The van der Waals surface area contributed by atoms with E-state index in [1.54, 1.807) is 0 Å². The summed E-state index contributed by atoms with van der Waals surface area (Å²) in [6.07, 6.45) is 2.03. The van der Waals surface area contributed by atoms with Gasteiger partial charge in [0.1, 0.15) is 11.6 Å². The van der Waals surface area contributed by atoms with Gasteiger partial charge in [0.15, 0.2) is 0 Å². The van der Waals surface area contributed by atoms with E-state index < -0.39 is 0 Å². The number of hydrogen-bond acceptors (Lipinski definition) is 2. The van der Waals surface area contributed by atoms with E-state index in [2.05, 4.69) is 68.7 Å². The molecule has 0 bridgehead atoms. The van der Waals surface area contributed by atoms with Gasteiger partial charge in [0.2, 0.25) is 0 Å². The maximum Gasteiger partial charge on any atom is 0.119 e. The van der Waals surface area contributed by atoms with Crippen LogP contribution in [0, 0.1) is 20.8 Å². The van der Waals surface area contributed by atoms with Crippen molar-refractivity contribution >= 4 is 11.0 Å². The van der Waals surface area contributed by atoms with Gasteiger partial charge in [0.25, 0.3) is 0 Å². The van der Waals surface area contributed by atoms with Crippen LogP contribution in [-0.4, -0.2) is 16.2 Å². The SMILES string of the molecule is CCc1ccc(OCCCn2c(C)nc3cc(C)c(C)cc32)cc1. The number of hydrogen-bond donors (Lipinski definition) is 0. The molecular formula is C21H26N2O. The van der Waals surface area contributed by atoms with Crippen LogP contribution in [0.15, 0.2) is 36.4 Å². The summed E-state index contributed by atoms with van der Waals surface area (Å²) >= 11 is 0. The van der Waals surface area contributed by atoms with Crippen LogP contribution in [0.25, 0.3) is 11.0 Å². The molecule has 1 heterocycles. The highest BCUT2D eigenvalue weighted by Gasteiger charge is 2.08. The van der Waals surface area contributed by atoms with Gasteiger partial charge in [-0.05, 0) is 74.6 Å². The fraction of sp³-hybridized carbons (Fsp3) is 0.381. The molecule has 0 radical (unpaired) electrons. The predicted octanol–water partition coefficient (Wildman–Crippen LogP) is 4.99. The lowest BCUT2D eigenvalue weighted by atomic mass is 10.1. The average Bonchev–Trinajstić information content (AvgIpc) is 2.87. The number of benzene rings is 2. The Kier molecular flexibility index (Phi) is 4.89. The Morgan fingerprint density at radius 2 is 1.71 bits per heavy atom. The zero-order valence-electron chi connectivity index (χ0n) is 15.1. The zero-order valence-corrected chi connectivity index (χ0v) is 15.1. The summed E-state index contributed by atoms with van der Waals surface area (Å²) in [5, 5.41) is 0. The van der Waals surface area contributed by atoms with Crippen molar-refractivity contribution in [3.63, 3.8) is 0 Å². The maximum atomic E-state index is 5.86. The molecule has 0 saturated carbocycles. The minimum Gasteiger partial charge on any atom is -0.494 e. The van der Waals surface area contributed by atoms with E-state index in [0.717, 1.165) is 43.1 Å². The number of imidazole rings is 1. The smallest absolute Gasteiger partial charge is 0.119 e. The van der Waals surface area contributed by atoms with Gasteiger partial charge < -0.3 is 9.30 Å². The maximum absolute atomic E-state index is 5.86. The molecule has 0 saturated heterocycles. The molecule has 3 heteroatoms. The Morgan fingerprint density at radius 1 is 1.00 bits per heavy atom. The molecule has 0 atom stereocenters. The van der Waals surface area contributed by atoms with Gasteiger partial charge in [0, 0.05) is 6.54 Å². The van der Waals surface area contributed by atoms with Gasteiger partial charge >= 0.3 is 0 Å². The lowest BCUT2D eigenvalue weighted by Crippen LogP contribution is -2.06. The fourth-order valence-electron chi connectivity index (χ4n) is 3.02. The standard InChI is InChI=1S/C21H26N2O/c1-5-18-7-9-19(10-8-18)24-12-6-11-23-17(4)22-20-13-15(2)16(3)14-21(20)23/h7-10,13-14H,5-6,11-12H2,1-4H3. The molecule has 2 aromatic carbocycles. The number of rotatable bonds is 6. The highest BCUT2D eigenvalue weighted by molar-refractivity contribution is 5.78. The largest absolute Gasteiger partial charge is 0.494 e. The summed E-state index contributed by atoms with van der Waals surface area (Å²) in [6.45, 7) is 10.2. The van der Waals surface area contributed by atoms with Crippen molar-refractivity contribution in [2.75, 3.05) is 6.61 Å². The number of aryl methyl sites for hydroxylation is 5. The quantitative estimate of drug-likeness (QED) is 0.598. The lowest BCUT2D eigenvalue weighted by molar-refractivity contribution is 0.302. The second-order valence-electron chi connectivity index (χ2n) is 6.44. The third kappa shape index (κ3) is 3.45. The molecular weight excluding hydrogens is 296 g/mol. The molecule has 3 nitrogen and oxygen atoms in total. The summed E-state index contributed by atoms with van der Waals surface area (Å²) < 4.78 is 8.16. The van der Waals surface area contributed by atoms with Crippen molar-refractivity contribution in [2.24, 2.45) is 0 Å². The first-order valence-corrected chi connectivity index (χ1v) is 8.74. The Labute approximate surface area is 144 Å². The van der Waals surface area contributed by atoms with Crippen LogP contribution in [0.1, 0.15) is 35.9 Å². The summed E-state index contributed by atoms with van der Waals surface area (Å²) in [4.78, 5) is 4.69. The van der Waals surface area contributed by atoms with E-state index in [-0.39, 0.29) is 0 Å². The van der Waals surface area contributed by atoms with Crippen LogP contribution >= 0.6 is 0 Å². The van der Waals surface area contributed by atoms with Crippen molar-refractivity contribution < 1.29 is 4.74 Å². The van der Waals surface area contributed by atoms with Crippen LogP contribution in [-0.2, 0) is 13.0 Å². The van der Waals surface area contributed by atoms with E-state index in [4.69, 9.17) is 9.72 Å². The first kappa shape index (κ1) is 16.6. The third-order valence-electron chi connectivity index (χ3n) is 4.68. The molecule has 3 rings (SSSR count). The summed E-state index contributed by atoms with van der Waals surface area (Å²) in [5.41, 5.74) is 6.27. The molecule has 0 aliphatic rings. The second kappa shape index (κ2) is 7.08. The fourth-order valence-corrected chi connectivity index (χ4v) is 3.02. The van der Waals surface area contributed by atoms with Crippen molar-refractivity contribution in [3.05, 3.63) is 58.9 Å². The molecule has 3 aromatic rings. The van der Waals surface area contributed by atoms with E-state index in [0.29, 0.717) is 0 Å². The van der Waals surface area contributed by atoms with Gasteiger partial charge in [-0.2, -0.15) is 0 Å². The number of nitrogens with zero attached hydrogens (tertiary/aromatic N) is 2. The van der Waals surface area contributed by atoms with Crippen molar-refractivity contribution in [2.45, 2.75) is 47.1 Å². The summed E-state index contributed by atoms with van der Waals surface area (Å²) in [7, 11) is 0. The van der Waals surface area contributed by atoms with Crippen LogP contribution in [0.4, 0.5) is 0 Å². The number of aromatic nitrogens is 2. The van der Waals surface area contributed by atoms with E-state index >= 15 is 0 Å². The highest BCUT2D eigenvalue weighted by atomic mass is 16.5. The highest BCUT2D eigenvalue weighted by Crippen LogP contribution is 2.21. The monoisotopic (exact) mass is 322 g/mol. The van der Waals surface area contributed by atoms with E-state index in [1.165, 1.54) is 22.2 Å². The molecule has 126 valence electrons. The van der Waals surface area contributed by atoms with E-state index in [1.807, 2.05) is 0 Å². The van der Waals surface area contributed by atoms with Crippen molar-refractivity contribution in [3.8, 4) is 5.75 Å². The van der Waals surface area contributed by atoms with Crippen LogP contribution in [0.3, 0.4) is 0 Å². The van der Waals surface area contributed by atoms with Gasteiger partial charge in [-0.3, -0.25) is 0 Å². The third-order valence-corrected chi connectivity index (χ3v) is 4.68. The Morgan fingerprint density at radius 3 is 2.42 bits per heavy atom. The summed E-state index contributed by atoms with van der Waals surface area (Å²) in [5.74, 6) is 2.02. The predicted molar refractivity (Wildman–Crippen MR) is 99.9 cm³/mol. The van der Waals surface area contributed by atoms with Crippen LogP contribution in [0.2, 0.25) is 0 Å². The van der Waals surface area contributed by atoms with Crippen molar-refractivity contribution in [1.29, 1.82) is 0 Å². The molecule has 0 spiro atoms. The topological polar surface area (TPSA) is 27.1 Å². The molecule has 1 aromatic heterocycles. The average molecular weight is 322 g/mol. The number of ether oxygens (including phenoxy) is 1. The molecule has 0 aliphatic carbocycles. The van der Waals surface area contributed by atoms with Crippen molar-refractivity contribution in [1.82, 2.24) is 9.55 Å². The molecule has 24 heavy (non-hydrogen) atoms. The van der Waals surface area contributed by atoms with E-state index in [9.17, 15) is 0 Å². The lowest BCUT2D eigenvalue weighted by Gasteiger charge is -2.10. The molecule has 0 fully saturated rings. The minimum atomic E-state index is 0.718. The molecule has 0 aliphatic heterocycles. The molecule has 0 unspecified atom stereocenters. The van der Waals surface area contributed by atoms with Crippen LogP contribution < -0.4 is 4.74 Å². The Bertz CT molecular complexity index is 831. The summed E-state index contributed by atoms with van der Waals surface area (Å²) in [6, 6.07) is 12.8. The minimum absolute atomic E-state index is 0.718. The van der Waals surface area contributed by atoms with Gasteiger partial charge in [-0.25, -0.2) is 4.98 Å². The van der Waals surface area contributed by atoms with Gasteiger partial charge in [0.05, 0.1) is 17.6 Å². The molecule has 0 N–H and O–H groups in total. The Balaban J connectivity index is 1.63. The first-order valence-electron chi connectivity index (χ1n) is 8.74. The van der Waals surface area contributed by atoms with Crippen LogP contribution in [0.5, 0.6) is 5.75 Å². The Hall–Kier alpha value is -2.29. The second-order valence-corrected chi connectivity index (χ2v) is 6.44. The normalized spacial score (nSPS) is 11.2. The first-order chi connectivity index (χ1) is 11.6. The number of fused-ring (bicyclic) bond motifs is 1. The van der Waals surface area contributed by atoms with Gasteiger partial charge in [-0.1, -0.05) is 19.1 Å². The van der Waals surface area contributed by atoms with Gasteiger partial charge in [-0.15, -0.1) is 0 Å².